The van der Waals surface area contributed by atoms with Gasteiger partial charge in [0.2, 0.25) is 0 Å². The van der Waals surface area contributed by atoms with Crippen LogP contribution < -0.4 is 0 Å². The van der Waals surface area contributed by atoms with Gasteiger partial charge < -0.3 is 14.9 Å². The van der Waals surface area contributed by atoms with Gasteiger partial charge in [0, 0.05) is 0 Å². The Hall–Kier alpha value is -2.37. The van der Waals surface area contributed by atoms with E-state index in [4.69, 9.17) is 14.9 Å². The van der Waals surface area contributed by atoms with Crippen molar-refractivity contribution in [1.29, 1.82) is 0 Å². The highest BCUT2D eigenvalue weighted by molar-refractivity contribution is 6.04. The smallest absolute Gasteiger partial charge is 0.339 e. The minimum Gasteiger partial charge on any atom is -0.478 e. The van der Waals surface area contributed by atoms with Crippen molar-refractivity contribution in [1.82, 2.24) is 0 Å². The molecule has 2 N–H and O–H groups in total. The zero-order valence-corrected chi connectivity index (χ0v) is 9.84. The summed E-state index contributed by atoms with van der Waals surface area (Å²) < 4.78 is 4.87. The summed E-state index contributed by atoms with van der Waals surface area (Å²) in [6, 6.07) is 3.19. The molecule has 96 valence electrons. The molecule has 0 aliphatic heterocycles. The number of carboxylic acid groups (broad SMARTS) is 2. The molecule has 0 saturated carbocycles. The van der Waals surface area contributed by atoms with Crippen LogP contribution in [0.25, 0.3) is 0 Å². The Bertz CT molecular complexity index is 503. The molecule has 0 aliphatic rings. The third-order valence-corrected chi connectivity index (χ3v) is 2.06. The number of carbonyl (C=O) groups excluding carboxylic acids is 1. The third kappa shape index (κ3) is 3.07. The summed E-state index contributed by atoms with van der Waals surface area (Å²) >= 11 is 0. The molecular formula is C12H12O6. The van der Waals surface area contributed by atoms with Crippen molar-refractivity contribution in [3.63, 3.8) is 0 Å². The maximum atomic E-state index is 11.7. The van der Waals surface area contributed by atoms with Gasteiger partial charge in [0.25, 0.3) is 0 Å². The van der Waals surface area contributed by atoms with Gasteiger partial charge in [-0.3, -0.25) is 0 Å². The Labute approximate surface area is 103 Å². The second kappa shape index (κ2) is 5.31. The second-order valence-electron chi connectivity index (χ2n) is 3.82. The molecule has 18 heavy (non-hydrogen) atoms. The van der Waals surface area contributed by atoms with Gasteiger partial charge in [-0.1, -0.05) is 0 Å². The van der Waals surface area contributed by atoms with Crippen molar-refractivity contribution in [2.24, 2.45) is 0 Å². The van der Waals surface area contributed by atoms with E-state index in [2.05, 4.69) is 0 Å². The molecule has 0 radical (unpaired) electrons. The van der Waals surface area contributed by atoms with Gasteiger partial charge in [0.1, 0.15) is 0 Å². The normalized spacial score (nSPS) is 10.2. The van der Waals surface area contributed by atoms with Crippen LogP contribution in [0.4, 0.5) is 0 Å². The number of ether oxygens (including phenoxy) is 1. The Morgan fingerprint density at radius 3 is 2.11 bits per heavy atom. The first-order valence-electron chi connectivity index (χ1n) is 5.14. The summed E-state index contributed by atoms with van der Waals surface area (Å²) in [6.45, 7) is 3.22. The summed E-state index contributed by atoms with van der Waals surface area (Å²) in [6.07, 6.45) is -0.423. The molecule has 1 rings (SSSR count). The molecule has 6 nitrogen and oxygen atoms in total. The number of hydrogen-bond donors (Lipinski definition) is 2. The molecule has 0 heterocycles. The number of benzene rings is 1. The fraction of sp³-hybridized carbons (Fsp3) is 0.250. The Morgan fingerprint density at radius 1 is 1.06 bits per heavy atom. The van der Waals surface area contributed by atoms with E-state index in [0.29, 0.717) is 0 Å². The van der Waals surface area contributed by atoms with Gasteiger partial charge >= 0.3 is 17.9 Å². The monoisotopic (exact) mass is 252 g/mol. The second-order valence-corrected chi connectivity index (χ2v) is 3.82. The largest absolute Gasteiger partial charge is 0.478 e. The maximum absolute atomic E-state index is 11.7. The Morgan fingerprint density at radius 2 is 1.67 bits per heavy atom. The van der Waals surface area contributed by atoms with Crippen molar-refractivity contribution in [3.8, 4) is 0 Å². The van der Waals surface area contributed by atoms with E-state index in [9.17, 15) is 14.4 Å². The Balaban J connectivity index is 3.27. The van der Waals surface area contributed by atoms with E-state index in [1.54, 1.807) is 13.8 Å². The molecule has 1 aromatic carbocycles. The number of aromatic carboxylic acids is 2. The van der Waals surface area contributed by atoms with Gasteiger partial charge in [-0.2, -0.15) is 0 Å². The maximum Gasteiger partial charge on any atom is 0.339 e. The number of hydrogen-bond acceptors (Lipinski definition) is 4. The van der Waals surface area contributed by atoms with E-state index in [-0.39, 0.29) is 16.7 Å². The van der Waals surface area contributed by atoms with Crippen molar-refractivity contribution in [2.45, 2.75) is 20.0 Å². The molecule has 0 aromatic heterocycles. The minimum atomic E-state index is -1.32. The predicted molar refractivity (Wildman–Crippen MR) is 60.9 cm³/mol. The first-order valence-corrected chi connectivity index (χ1v) is 5.14. The summed E-state index contributed by atoms with van der Waals surface area (Å²) in [7, 11) is 0. The number of esters is 1. The van der Waals surface area contributed by atoms with Crippen molar-refractivity contribution in [3.05, 3.63) is 34.9 Å². The predicted octanol–water partition coefficient (Wildman–Crippen LogP) is 1.65. The first-order chi connectivity index (χ1) is 8.32. The van der Waals surface area contributed by atoms with Crippen LogP contribution in [0.1, 0.15) is 44.9 Å². The molecule has 6 heteroatoms. The van der Waals surface area contributed by atoms with Crippen LogP contribution in [0.15, 0.2) is 18.2 Å². The van der Waals surface area contributed by atoms with Crippen molar-refractivity contribution in [2.75, 3.05) is 0 Å². The summed E-state index contributed by atoms with van der Waals surface area (Å²) in [4.78, 5) is 33.4. The third-order valence-electron chi connectivity index (χ3n) is 2.06. The van der Waals surface area contributed by atoms with E-state index < -0.39 is 24.0 Å². The van der Waals surface area contributed by atoms with E-state index >= 15 is 0 Å². The zero-order valence-electron chi connectivity index (χ0n) is 9.84. The SMILES string of the molecule is CC(C)OC(=O)c1cc(C(=O)O)ccc1C(=O)O. The van der Waals surface area contributed by atoms with Gasteiger partial charge in [-0.25, -0.2) is 14.4 Å². The fourth-order valence-electron chi connectivity index (χ4n) is 1.31. The van der Waals surface area contributed by atoms with Gasteiger partial charge in [0.05, 0.1) is 22.8 Å². The van der Waals surface area contributed by atoms with Gasteiger partial charge in [-0.15, -0.1) is 0 Å². The molecule has 0 aliphatic carbocycles. The summed E-state index contributed by atoms with van der Waals surface area (Å²) in [5, 5.41) is 17.7. The number of carbonyl (C=O) groups is 3. The summed E-state index contributed by atoms with van der Waals surface area (Å²) in [5.74, 6) is -3.42. The molecule has 0 atom stereocenters. The topological polar surface area (TPSA) is 101 Å². The average molecular weight is 252 g/mol. The van der Waals surface area contributed by atoms with Gasteiger partial charge in [-0.05, 0) is 32.0 Å². The van der Waals surface area contributed by atoms with Crippen LogP contribution in [-0.4, -0.2) is 34.2 Å². The highest BCUT2D eigenvalue weighted by Crippen LogP contribution is 2.15. The van der Waals surface area contributed by atoms with Gasteiger partial charge in [0.15, 0.2) is 0 Å². The van der Waals surface area contributed by atoms with E-state index in [1.807, 2.05) is 0 Å². The van der Waals surface area contributed by atoms with Crippen LogP contribution in [-0.2, 0) is 4.74 Å². The van der Waals surface area contributed by atoms with Crippen LogP contribution in [0.5, 0.6) is 0 Å². The highest BCUT2D eigenvalue weighted by atomic mass is 16.5. The van der Waals surface area contributed by atoms with Crippen LogP contribution in [0.3, 0.4) is 0 Å². The molecule has 0 saturated heterocycles. The molecule has 0 amide bonds. The number of rotatable bonds is 4. The molecular weight excluding hydrogens is 240 g/mol. The molecule has 1 aromatic rings. The van der Waals surface area contributed by atoms with Crippen LogP contribution in [0, 0.1) is 0 Å². The lowest BCUT2D eigenvalue weighted by molar-refractivity contribution is 0.0371. The quantitative estimate of drug-likeness (QED) is 0.790. The lowest BCUT2D eigenvalue weighted by atomic mass is 10.0. The number of carboxylic acids is 2. The first kappa shape index (κ1) is 13.7. The standard InChI is InChI=1S/C12H12O6/c1-6(2)18-12(17)9-5-7(10(13)14)3-4-8(9)11(15)16/h3-6H,1-2H3,(H,13,14)(H,15,16). The molecule has 0 bridgehead atoms. The Kier molecular flexibility index (Phi) is 4.04. The highest BCUT2D eigenvalue weighted by Gasteiger charge is 2.20. The van der Waals surface area contributed by atoms with E-state index in [1.165, 1.54) is 0 Å². The van der Waals surface area contributed by atoms with Crippen molar-refractivity contribution < 1.29 is 29.3 Å². The zero-order chi connectivity index (χ0) is 13.9. The minimum absolute atomic E-state index is 0.171. The van der Waals surface area contributed by atoms with Crippen molar-refractivity contribution >= 4 is 17.9 Å². The van der Waals surface area contributed by atoms with Crippen LogP contribution >= 0.6 is 0 Å². The average Bonchev–Trinajstić information content (AvgIpc) is 2.26. The fourth-order valence-corrected chi connectivity index (χ4v) is 1.31. The molecule has 0 spiro atoms. The molecule has 0 unspecified atom stereocenters. The lowest BCUT2D eigenvalue weighted by Crippen LogP contribution is -2.16. The molecule has 0 fully saturated rings. The van der Waals surface area contributed by atoms with E-state index in [0.717, 1.165) is 18.2 Å². The summed E-state index contributed by atoms with van der Waals surface area (Å²) in [5.41, 5.74) is -0.725. The van der Waals surface area contributed by atoms with Crippen LogP contribution in [0.2, 0.25) is 0 Å². The lowest BCUT2D eigenvalue weighted by Gasteiger charge is -2.10.